The Morgan fingerprint density at radius 3 is 2.40 bits per heavy atom. The second-order valence-electron chi connectivity index (χ2n) is 5.27. The van der Waals surface area contributed by atoms with Gasteiger partial charge in [0.05, 0.1) is 11.0 Å². The van der Waals surface area contributed by atoms with Crippen LogP contribution in [0.3, 0.4) is 0 Å². The van der Waals surface area contributed by atoms with Crippen molar-refractivity contribution in [2.45, 2.75) is 43.1 Å². The molecule has 0 radical (unpaired) electrons. The van der Waals surface area contributed by atoms with E-state index in [9.17, 15) is 17.9 Å². The summed E-state index contributed by atoms with van der Waals surface area (Å²) in [4.78, 5) is 0.00902. The van der Waals surface area contributed by atoms with Gasteiger partial charge >= 0.3 is 0 Å². The number of halogens is 1. The molecule has 0 bridgehead atoms. The SMILES string of the molecule is O=S(=O)(NCC(O)C1CCCCC1)c1ccc(F)cc1. The molecule has 112 valence electrons. The van der Waals surface area contributed by atoms with Gasteiger partial charge in [0, 0.05) is 6.54 Å². The molecule has 1 atom stereocenters. The maximum absolute atomic E-state index is 12.8. The fraction of sp³-hybridized carbons (Fsp3) is 0.571. The van der Waals surface area contributed by atoms with Crippen LogP contribution in [0.2, 0.25) is 0 Å². The Morgan fingerprint density at radius 2 is 1.80 bits per heavy atom. The second-order valence-corrected chi connectivity index (χ2v) is 7.04. The van der Waals surface area contributed by atoms with Gasteiger partial charge in [-0.1, -0.05) is 19.3 Å². The molecule has 6 heteroatoms. The number of rotatable bonds is 5. The summed E-state index contributed by atoms with van der Waals surface area (Å²) in [5.74, 6) is -0.314. The first-order valence-corrected chi connectivity index (χ1v) is 8.40. The fourth-order valence-corrected chi connectivity index (χ4v) is 3.63. The smallest absolute Gasteiger partial charge is 0.240 e. The minimum Gasteiger partial charge on any atom is -0.391 e. The van der Waals surface area contributed by atoms with Crippen LogP contribution in [0.1, 0.15) is 32.1 Å². The van der Waals surface area contributed by atoms with E-state index in [4.69, 9.17) is 0 Å². The molecule has 1 saturated carbocycles. The minimum absolute atomic E-state index is 0.00434. The van der Waals surface area contributed by atoms with E-state index in [-0.39, 0.29) is 17.4 Å². The maximum atomic E-state index is 12.8. The molecule has 0 aliphatic heterocycles. The van der Waals surface area contributed by atoms with Crippen LogP contribution in [-0.2, 0) is 10.0 Å². The van der Waals surface area contributed by atoms with Crippen molar-refractivity contribution in [3.63, 3.8) is 0 Å². The average Bonchev–Trinajstić information content (AvgIpc) is 2.46. The van der Waals surface area contributed by atoms with Crippen molar-refractivity contribution in [1.82, 2.24) is 4.72 Å². The summed E-state index contributed by atoms with van der Waals surface area (Å²) in [5.41, 5.74) is 0. The largest absolute Gasteiger partial charge is 0.391 e. The van der Waals surface area contributed by atoms with Gasteiger partial charge in [0.25, 0.3) is 0 Å². The lowest BCUT2D eigenvalue weighted by atomic mass is 9.85. The molecule has 1 unspecified atom stereocenters. The summed E-state index contributed by atoms with van der Waals surface area (Å²) in [5, 5.41) is 10.0. The lowest BCUT2D eigenvalue weighted by Gasteiger charge is -2.26. The molecule has 1 fully saturated rings. The third-order valence-corrected chi connectivity index (χ3v) is 5.24. The normalized spacial score (nSPS) is 18.9. The molecule has 0 aromatic heterocycles. The number of sulfonamides is 1. The molecule has 2 N–H and O–H groups in total. The van der Waals surface area contributed by atoms with Gasteiger partial charge in [-0.2, -0.15) is 0 Å². The van der Waals surface area contributed by atoms with Crippen molar-refractivity contribution in [3.05, 3.63) is 30.1 Å². The summed E-state index contributed by atoms with van der Waals surface area (Å²) in [6.45, 7) is 0.00434. The van der Waals surface area contributed by atoms with Crippen LogP contribution in [-0.4, -0.2) is 26.2 Å². The first kappa shape index (κ1) is 15.4. The Kier molecular flexibility index (Phi) is 5.12. The van der Waals surface area contributed by atoms with Crippen molar-refractivity contribution < 1.29 is 17.9 Å². The third kappa shape index (κ3) is 4.01. The van der Waals surface area contributed by atoms with E-state index in [1.807, 2.05) is 0 Å². The highest BCUT2D eigenvalue weighted by molar-refractivity contribution is 7.89. The highest BCUT2D eigenvalue weighted by Crippen LogP contribution is 2.26. The highest BCUT2D eigenvalue weighted by Gasteiger charge is 2.23. The zero-order chi connectivity index (χ0) is 14.6. The van der Waals surface area contributed by atoms with Crippen molar-refractivity contribution in [2.75, 3.05) is 6.54 Å². The van der Waals surface area contributed by atoms with E-state index in [2.05, 4.69) is 4.72 Å². The van der Waals surface area contributed by atoms with E-state index in [1.165, 1.54) is 18.6 Å². The summed E-state index contributed by atoms with van der Waals surface area (Å²) in [7, 11) is -3.69. The number of hydrogen-bond acceptors (Lipinski definition) is 3. The topological polar surface area (TPSA) is 66.4 Å². The monoisotopic (exact) mass is 301 g/mol. The first-order chi connectivity index (χ1) is 9.49. The van der Waals surface area contributed by atoms with Gasteiger partial charge in [0.15, 0.2) is 0 Å². The van der Waals surface area contributed by atoms with Crippen LogP contribution in [0, 0.1) is 11.7 Å². The highest BCUT2D eigenvalue weighted by atomic mass is 32.2. The predicted octanol–water partition coefficient (Wildman–Crippen LogP) is 2.05. The molecule has 1 aliphatic carbocycles. The number of benzene rings is 1. The average molecular weight is 301 g/mol. The summed E-state index contributed by atoms with van der Waals surface area (Å²) < 4.78 is 39.1. The van der Waals surface area contributed by atoms with Crippen LogP contribution < -0.4 is 4.72 Å². The van der Waals surface area contributed by atoms with Gasteiger partial charge in [-0.05, 0) is 43.0 Å². The van der Waals surface area contributed by atoms with Gasteiger partial charge in [-0.3, -0.25) is 0 Å². The quantitative estimate of drug-likeness (QED) is 0.874. The van der Waals surface area contributed by atoms with Crippen molar-refractivity contribution in [1.29, 1.82) is 0 Å². The molecule has 0 saturated heterocycles. The molecular weight excluding hydrogens is 281 g/mol. The van der Waals surface area contributed by atoms with Gasteiger partial charge in [-0.15, -0.1) is 0 Å². The van der Waals surface area contributed by atoms with Gasteiger partial charge in [-0.25, -0.2) is 17.5 Å². The molecule has 0 heterocycles. The molecule has 2 rings (SSSR count). The summed E-state index contributed by atoms with van der Waals surface area (Å²) in [6, 6.07) is 4.63. The predicted molar refractivity (Wildman–Crippen MR) is 74.2 cm³/mol. The Hall–Kier alpha value is -0.980. The lowest BCUT2D eigenvalue weighted by Crippen LogP contribution is -2.37. The molecular formula is C14H20FNO3S. The first-order valence-electron chi connectivity index (χ1n) is 6.92. The fourth-order valence-electron chi connectivity index (χ4n) is 2.58. The maximum Gasteiger partial charge on any atom is 0.240 e. The van der Waals surface area contributed by atoms with Gasteiger partial charge < -0.3 is 5.11 Å². The zero-order valence-electron chi connectivity index (χ0n) is 11.3. The Bertz CT molecular complexity index is 524. The van der Waals surface area contributed by atoms with Gasteiger partial charge in [0.1, 0.15) is 5.82 Å². The molecule has 0 amide bonds. The van der Waals surface area contributed by atoms with Gasteiger partial charge in [0.2, 0.25) is 10.0 Å². The van der Waals surface area contributed by atoms with E-state index in [1.54, 1.807) is 0 Å². The van der Waals surface area contributed by atoms with E-state index < -0.39 is 21.9 Å². The Balaban J connectivity index is 1.93. The third-order valence-electron chi connectivity index (χ3n) is 3.80. The minimum atomic E-state index is -3.69. The lowest BCUT2D eigenvalue weighted by molar-refractivity contribution is 0.0888. The van der Waals surface area contributed by atoms with Crippen LogP contribution in [0.15, 0.2) is 29.2 Å². The van der Waals surface area contributed by atoms with Crippen molar-refractivity contribution in [2.24, 2.45) is 5.92 Å². The Labute approximate surface area is 119 Å². The molecule has 1 aromatic rings. The number of aliphatic hydroxyl groups is 1. The van der Waals surface area contributed by atoms with Crippen LogP contribution in [0.25, 0.3) is 0 Å². The Morgan fingerprint density at radius 1 is 1.20 bits per heavy atom. The molecule has 0 spiro atoms. The van der Waals surface area contributed by atoms with E-state index in [0.717, 1.165) is 37.8 Å². The van der Waals surface area contributed by atoms with Crippen LogP contribution >= 0.6 is 0 Å². The van der Waals surface area contributed by atoms with E-state index >= 15 is 0 Å². The molecule has 4 nitrogen and oxygen atoms in total. The van der Waals surface area contributed by atoms with E-state index in [0.29, 0.717) is 0 Å². The zero-order valence-corrected chi connectivity index (χ0v) is 12.1. The summed E-state index contributed by atoms with van der Waals surface area (Å²) >= 11 is 0. The van der Waals surface area contributed by atoms with Crippen molar-refractivity contribution in [3.8, 4) is 0 Å². The number of nitrogens with one attached hydrogen (secondary N) is 1. The van der Waals surface area contributed by atoms with Crippen LogP contribution in [0.4, 0.5) is 4.39 Å². The number of aliphatic hydroxyl groups excluding tert-OH is 1. The van der Waals surface area contributed by atoms with Crippen molar-refractivity contribution >= 4 is 10.0 Å². The summed E-state index contributed by atoms with van der Waals surface area (Å²) in [6.07, 6.45) is 4.59. The molecule has 1 aromatic carbocycles. The second kappa shape index (κ2) is 6.65. The molecule has 1 aliphatic rings. The standard InChI is InChI=1S/C14H20FNO3S/c15-12-6-8-13(9-7-12)20(18,19)16-10-14(17)11-4-2-1-3-5-11/h6-9,11,14,16-17H,1-5,10H2. The van der Waals surface area contributed by atoms with Crippen LogP contribution in [0.5, 0.6) is 0 Å². The number of hydrogen-bond donors (Lipinski definition) is 2. The molecule has 20 heavy (non-hydrogen) atoms.